The molecule has 5 atom stereocenters. The van der Waals surface area contributed by atoms with E-state index in [1.54, 1.807) is 13.8 Å². The molecule has 194 valence electrons. The Morgan fingerprint density at radius 2 is 1.53 bits per heavy atom. The maximum Gasteiger partial charge on any atom is 0.326 e. The summed E-state index contributed by atoms with van der Waals surface area (Å²) in [6.07, 6.45) is -0.261. The minimum atomic E-state index is -1.63. The molecule has 3 amide bonds. The third-order valence-corrected chi connectivity index (χ3v) is 4.90. The highest BCUT2D eigenvalue weighted by atomic mass is 16.4. The van der Waals surface area contributed by atoms with Crippen molar-refractivity contribution in [3.8, 4) is 0 Å². The first-order chi connectivity index (χ1) is 15.8. The van der Waals surface area contributed by atoms with Crippen LogP contribution in [0.25, 0.3) is 0 Å². The molecule has 0 spiro atoms. The summed E-state index contributed by atoms with van der Waals surface area (Å²) >= 11 is 0. The summed E-state index contributed by atoms with van der Waals surface area (Å²) in [4.78, 5) is 64.0. The predicted octanol–water partition coefficient (Wildman–Crippen LogP) is -3.58. The monoisotopic (exact) mass is 489 g/mol. The number of nitrogens with two attached hydrogens (primary N) is 3. The molecule has 0 rings (SSSR count). The van der Waals surface area contributed by atoms with Crippen LogP contribution in [-0.2, 0) is 24.0 Å². The molecule has 0 radical (unpaired) electrons. The SMILES string of the molecule is CCC(C)C(NC(=O)C(N)CO)C(=O)NC(CC(=O)O)C(=O)NC(CCCN=C(N)N)C(=O)O. The van der Waals surface area contributed by atoms with Gasteiger partial charge in [-0.05, 0) is 18.8 Å². The lowest BCUT2D eigenvalue weighted by Crippen LogP contribution is -2.59. The van der Waals surface area contributed by atoms with Gasteiger partial charge in [0.15, 0.2) is 5.96 Å². The van der Waals surface area contributed by atoms with Gasteiger partial charge in [0.05, 0.1) is 13.0 Å². The summed E-state index contributed by atoms with van der Waals surface area (Å²) in [6, 6.07) is -5.48. The predicted molar refractivity (Wildman–Crippen MR) is 120 cm³/mol. The van der Waals surface area contributed by atoms with Gasteiger partial charge in [0.2, 0.25) is 17.7 Å². The number of rotatable bonds is 16. The lowest BCUT2D eigenvalue weighted by molar-refractivity contribution is -0.144. The topological polar surface area (TPSA) is 273 Å². The van der Waals surface area contributed by atoms with Crippen LogP contribution in [0.2, 0.25) is 0 Å². The largest absolute Gasteiger partial charge is 0.481 e. The number of amides is 3. The molecule has 12 N–H and O–H groups in total. The Morgan fingerprint density at radius 1 is 0.941 bits per heavy atom. The van der Waals surface area contributed by atoms with Gasteiger partial charge >= 0.3 is 11.9 Å². The van der Waals surface area contributed by atoms with Crippen molar-refractivity contribution < 1.29 is 39.3 Å². The average molecular weight is 490 g/mol. The molecular formula is C19H35N7O8. The molecule has 15 heteroatoms. The van der Waals surface area contributed by atoms with Crippen molar-refractivity contribution in [2.24, 2.45) is 28.1 Å². The summed E-state index contributed by atoms with van der Waals surface area (Å²) in [7, 11) is 0. The van der Waals surface area contributed by atoms with E-state index in [1.807, 2.05) is 0 Å². The standard InChI is InChI=1S/C19H35N7O8/c1-3-9(2)14(26-15(30)10(20)8-27)17(32)25-12(7-13(28)29)16(31)24-11(18(33)34)5-4-6-23-19(21)22/h9-12,14,27H,3-8,20H2,1-2H3,(H,24,31)(H,25,32)(H,26,30)(H,28,29)(H,33,34)(H4,21,22,23). The van der Waals surface area contributed by atoms with E-state index < -0.39 is 72.8 Å². The minimum absolute atomic E-state index is 0.0593. The van der Waals surface area contributed by atoms with Gasteiger partial charge in [-0.3, -0.25) is 24.2 Å². The van der Waals surface area contributed by atoms with E-state index in [2.05, 4.69) is 20.9 Å². The fourth-order valence-electron chi connectivity index (χ4n) is 2.72. The summed E-state index contributed by atoms with van der Waals surface area (Å²) in [6.45, 7) is 2.83. The molecule has 0 saturated carbocycles. The highest BCUT2D eigenvalue weighted by Gasteiger charge is 2.33. The lowest BCUT2D eigenvalue weighted by atomic mass is 9.97. The number of carboxylic acid groups (broad SMARTS) is 2. The first-order valence-corrected chi connectivity index (χ1v) is 10.6. The normalized spacial score (nSPS) is 15.1. The van der Waals surface area contributed by atoms with Gasteiger partial charge in [0.1, 0.15) is 24.2 Å². The minimum Gasteiger partial charge on any atom is -0.481 e. The Hall–Kier alpha value is -3.46. The molecule has 0 fully saturated rings. The first kappa shape index (κ1) is 30.5. The Bertz CT molecular complexity index is 757. The number of hydrogen-bond acceptors (Lipinski definition) is 8. The lowest BCUT2D eigenvalue weighted by Gasteiger charge is -2.27. The number of carbonyl (C=O) groups excluding carboxylic acids is 3. The molecule has 5 unspecified atom stereocenters. The molecule has 0 aliphatic carbocycles. The van der Waals surface area contributed by atoms with E-state index in [0.29, 0.717) is 6.42 Å². The first-order valence-electron chi connectivity index (χ1n) is 10.6. The summed E-state index contributed by atoms with van der Waals surface area (Å²) in [5.41, 5.74) is 15.8. The Morgan fingerprint density at radius 3 is 2.00 bits per heavy atom. The van der Waals surface area contributed by atoms with E-state index >= 15 is 0 Å². The van der Waals surface area contributed by atoms with E-state index in [4.69, 9.17) is 27.4 Å². The zero-order chi connectivity index (χ0) is 26.4. The number of carboxylic acids is 2. The van der Waals surface area contributed by atoms with E-state index in [9.17, 15) is 29.1 Å². The third-order valence-electron chi connectivity index (χ3n) is 4.90. The van der Waals surface area contributed by atoms with Gasteiger partial charge < -0.3 is 48.5 Å². The number of aliphatic carboxylic acids is 2. The van der Waals surface area contributed by atoms with Crippen LogP contribution in [0.1, 0.15) is 39.5 Å². The van der Waals surface area contributed by atoms with Gasteiger partial charge in [0, 0.05) is 6.54 Å². The molecule has 0 aromatic rings. The number of guanidine groups is 1. The average Bonchev–Trinajstić information content (AvgIpc) is 2.76. The van der Waals surface area contributed by atoms with Crippen LogP contribution >= 0.6 is 0 Å². The quantitative estimate of drug-likeness (QED) is 0.0580. The summed E-state index contributed by atoms with van der Waals surface area (Å²) in [5.74, 6) is -6.13. The van der Waals surface area contributed by atoms with Crippen molar-refractivity contribution in [2.45, 2.75) is 63.7 Å². The molecule has 0 heterocycles. The Labute approximate surface area is 196 Å². The highest BCUT2D eigenvalue weighted by Crippen LogP contribution is 2.10. The van der Waals surface area contributed by atoms with Crippen LogP contribution in [0.3, 0.4) is 0 Å². The van der Waals surface area contributed by atoms with Gasteiger partial charge in [-0.1, -0.05) is 20.3 Å². The number of carbonyl (C=O) groups is 5. The third kappa shape index (κ3) is 11.4. The molecule has 0 aliphatic heterocycles. The number of nitrogens with zero attached hydrogens (tertiary/aromatic N) is 1. The molecule has 15 nitrogen and oxygen atoms in total. The molecule has 34 heavy (non-hydrogen) atoms. The van der Waals surface area contributed by atoms with Gasteiger partial charge in [0.25, 0.3) is 0 Å². The number of hydrogen-bond donors (Lipinski definition) is 9. The smallest absolute Gasteiger partial charge is 0.326 e. The molecule has 0 bridgehead atoms. The van der Waals surface area contributed by atoms with E-state index in [0.717, 1.165) is 0 Å². The number of aliphatic hydroxyl groups excluding tert-OH is 1. The zero-order valence-corrected chi connectivity index (χ0v) is 19.2. The number of aliphatic imine (C=N–C) groups is 1. The van der Waals surface area contributed by atoms with Gasteiger partial charge in [-0.25, -0.2) is 4.79 Å². The van der Waals surface area contributed by atoms with Crippen LogP contribution in [-0.4, -0.2) is 88.3 Å². The zero-order valence-electron chi connectivity index (χ0n) is 19.2. The number of nitrogens with one attached hydrogen (secondary N) is 3. The fourth-order valence-corrected chi connectivity index (χ4v) is 2.72. The molecule has 0 saturated heterocycles. The maximum absolute atomic E-state index is 12.8. The highest BCUT2D eigenvalue weighted by molar-refractivity contribution is 5.95. The summed E-state index contributed by atoms with van der Waals surface area (Å²) in [5, 5.41) is 34.4. The van der Waals surface area contributed by atoms with Crippen molar-refractivity contribution in [3.63, 3.8) is 0 Å². The molecular weight excluding hydrogens is 454 g/mol. The Kier molecular flexibility index (Phi) is 13.8. The summed E-state index contributed by atoms with van der Waals surface area (Å²) < 4.78 is 0. The molecule has 0 aliphatic rings. The second-order valence-corrected chi connectivity index (χ2v) is 7.67. The fraction of sp³-hybridized carbons (Fsp3) is 0.684. The maximum atomic E-state index is 12.8. The van der Waals surface area contributed by atoms with Gasteiger partial charge in [-0.2, -0.15) is 0 Å². The molecule has 0 aromatic carbocycles. The van der Waals surface area contributed by atoms with E-state index in [1.165, 1.54) is 0 Å². The van der Waals surface area contributed by atoms with Crippen molar-refractivity contribution in [1.82, 2.24) is 16.0 Å². The Balaban J connectivity index is 5.48. The number of aliphatic hydroxyl groups is 1. The van der Waals surface area contributed by atoms with Crippen molar-refractivity contribution in [1.29, 1.82) is 0 Å². The van der Waals surface area contributed by atoms with Gasteiger partial charge in [-0.15, -0.1) is 0 Å². The molecule has 0 aromatic heterocycles. The van der Waals surface area contributed by atoms with Crippen LogP contribution < -0.4 is 33.2 Å². The van der Waals surface area contributed by atoms with Crippen LogP contribution in [0.15, 0.2) is 4.99 Å². The van der Waals surface area contributed by atoms with Crippen molar-refractivity contribution in [3.05, 3.63) is 0 Å². The second kappa shape index (κ2) is 15.4. The van der Waals surface area contributed by atoms with E-state index in [-0.39, 0.29) is 25.3 Å². The van der Waals surface area contributed by atoms with Crippen LogP contribution in [0.4, 0.5) is 0 Å². The van der Waals surface area contributed by atoms with Crippen LogP contribution in [0.5, 0.6) is 0 Å². The van der Waals surface area contributed by atoms with Crippen molar-refractivity contribution >= 4 is 35.6 Å². The van der Waals surface area contributed by atoms with Crippen molar-refractivity contribution in [2.75, 3.05) is 13.2 Å². The second-order valence-electron chi connectivity index (χ2n) is 7.67. The van der Waals surface area contributed by atoms with Crippen LogP contribution in [0, 0.1) is 5.92 Å².